The number of para-hydroxylation sites is 2. The van der Waals surface area contributed by atoms with E-state index in [2.05, 4.69) is 34.6 Å². The molecule has 0 radical (unpaired) electrons. The van der Waals surface area contributed by atoms with Crippen LogP contribution in [0.4, 0.5) is 13.2 Å². The highest BCUT2D eigenvalue weighted by Crippen LogP contribution is 2.45. The van der Waals surface area contributed by atoms with Gasteiger partial charge in [-0.25, -0.2) is 4.98 Å². The molecule has 1 amide bonds. The molecule has 4 heterocycles. The van der Waals surface area contributed by atoms with Crippen molar-refractivity contribution in [3.8, 4) is 0 Å². The summed E-state index contributed by atoms with van der Waals surface area (Å²) >= 11 is 0. The van der Waals surface area contributed by atoms with Gasteiger partial charge in [0.2, 0.25) is 0 Å². The molecule has 3 aliphatic rings. The van der Waals surface area contributed by atoms with Gasteiger partial charge in [-0.3, -0.25) is 9.69 Å². The number of fused-ring (bicyclic) bond motifs is 3. The second-order valence-electron chi connectivity index (χ2n) is 13.0. The minimum atomic E-state index is -4.36. The third-order valence-electron chi connectivity index (χ3n) is 10.7. The Morgan fingerprint density at radius 1 is 0.864 bits per heavy atom. The molecule has 5 nitrogen and oxygen atoms in total. The standard InChI is InChI=1S/C36H39F3N4O/c1-25-40-32-9-5-6-10-33(32)43(25)31-23-29-15-16-30(24-31)42(29)22-19-35(27-11-13-28(14-12-27)36(37,38)39)17-20-41(21-18-35)34(44)26-7-3-2-4-8-26/h2-14,29-31H,15-24H2,1H3/t29-,30+,31?. The molecule has 3 fully saturated rings. The van der Waals surface area contributed by atoms with Gasteiger partial charge in [-0.05, 0) is 106 Å². The van der Waals surface area contributed by atoms with Crippen LogP contribution in [0.15, 0.2) is 78.9 Å². The Morgan fingerprint density at radius 3 is 2.16 bits per heavy atom. The Hall–Kier alpha value is -3.65. The number of aryl methyl sites for hydroxylation is 1. The van der Waals surface area contributed by atoms with Crippen LogP contribution in [0.3, 0.4) is 0 Å². The van der Waals surface area contributed by atoms with Crippen molar-refractivity contribution in [3.63, 3.8) is 0 Å². The monoisotopic (exact) mass is 600 g/mol. The number of nitrogens with zero attached hydrogens (tertiary/aromatic N) is 4. The maximum Gasteiger partial charge on any atom is 0.416 e. The number of imidazole rings is 1. The van der Waals surface area contributed by atoms with E-state index in [0.29, 0.717) is 36.8 Å². The number of halogens is 3. The molecule has 3 atom stereocenters. The number of rotatable bonds is 6. The highest BCUT2D eigenvalue weighted by atomic mass is 19.4. The molecule has 0 aliphatic carbocycles. The topological polar surface area (TPSA) is 41.4 Å². The number of carbonyl (C=O) groups excluding carboxylic acids is 1. The number of piperidine rings is 2. The third kappa shape index (κ3) is 5.31. The highest BCUT2D eigenvalue weighted by Gasteiger charge is 2.44. The van der Waals surface area contributed by atoms with Gasteiger partial charge >= 0.3 is 6.18 Å². The van der Waals surface area contributed by atoms with E-state index in [1.807, 2.05) is 41.3 Å². The van der Waals surface area contributed by atoms with Crippen LogP contribution in [-0.4, -0.2) is 57.0 Å². The number of alkyl halides is 3. The van der Waals surface area contributed by atoms with Gasteiger partial charge in [0.15, 0.2) is 0 Å². The van der Waals surface area contributed by atoms with E-state index in [0.717, 1.165) is 55.6 Å². The fourth-order valence-corrected chi connectivity index (χ4v) is 8.39. The summed E-state index contributed by atoms with van der Waals surface area (Å²) in [5, 5.41) is 0. The lowest BCUT2D eigenvalue weighted by Gasteiger charge is -2.45. The van der Waals surface area contributed by atoms with Crippen LogP contribution in [0.1, 0.15) is 78.3 Å². The Balaban J connectivity index is 1.10. The van der Waals surface area contributed by atoms with Crippen LogP contribution in [0, 0.1) is 6.92 Å². The fourth-order valence-electron chi connectivity index (χ4n) is 8.39. The Labute approximate surface area is 256 Å². The van der Waals surface area contributed by atoms with Crippen molar-refractivity contribution in [2.24, 2.45) is 0 Å². The largest absolute Gasteiger partial charge is 0.416 e. The zero-order valence-corrected chi connectivity index (χ0v) is 25.1. The first-order valence-electron chi connectivity index (χ1n) is 15.9. The minimum absolute atomic E-state index is 0.0223. The summed E-state index contributed by atoms with van der Waals surface area (Å²) in [4.78, 5) is 22.7. The molecule has 3 aliphatic heterocycles. The van der Waals surface area contributed by atoms with Crippen molar-refractivity contribution in [2.45, 2.75) is 81.6 Å². The summed E-state index contributed by atoms with van der Waals surface area (Å²) in [6.07, 6.45) is 2.52. The number of hydrogen-bond donors (Lipinski definition) is 0. The summed E-state index contributed by atoms with van der Waals surface area (Å²) in [6.45, 7) is 4.21. The van der Waals surface area contributed by atoms with Crippen molar-refractivity contribution in [1.82, 2.24) is 19.4 Å². The van der Waals surface area contributed by atoms with Gasteiger partial charge in [0.25, 0.3) is 5.91 Å². The number of carbonyl (C=O) groups is 1. The summed E-state index contributed by atoms with van der Waals surface area (Å²) in [7, 11) is 0. The number of benzene rings is 3. The molecular weight excluding hydrogens is 561 g/mol. The van der Waals surface area contributed by atoms with Crippen LogP contribution in [0.2, 0.25) is 0 Å². The van der Waals surface area contributed by atoms with Gasteiger partial charge in [-0.1, -0.05) is 42.5 Å². The van der Waals surface area contributed by atoms with Crippen molar-refractivity contribution in [3.05, 3.63) is 101 Å². The molecule has 1 aromatic heterocycles. The lowest BCUT2D eigenvalue weighted by Crippen LogP contribution is -2.49. The van der Waals surface area contributed by atoms with Crippen molar-refractivity contribution >= 4 is 16.9 Å². The molecule has 0 saturated carbocycles. The summed E-state index contributed by atoms with van der Waals surface area (Å²) in [6, 6.07) is 24.9. The first-order valence-corrected chi connectivity index (χ1v) is 15.9. The number of aromatic nitrogens is 2. The Bertz CT molecular complexity index is 1610. The predicted molar refractivity (Wildman–Crippen MR) is 166 cm³/mol. The van der Waals surface area contributed by atoms with Gasteiger partial charge < -0.3 is 9.47 Å². The normalized spacial score (nSPS) is 23.7. The zero-order valence-electron chi connectivity index (χ0n) is 25.1. The maximum atomic E-state index is 13.4. The summed E-state index contributed by atoms with van der Waals surface area (Å²) < 4.78 is 42.7. The van der Waals surface area contributed by atoms with Gasteiger partial charge in [-0.2, -0.15) is 13.2 Å². The van der Waals surface area contributed by atoms with Crippen LogP contribution < -0.4 is 0 Å². The molecule has 7 rings (SSSR count). The van der Waals surface area contributed by atoms with Crippen LogP contribution >= 0.6 is 0 Å². The Morgan fingerprint density at radius 2 is 1.50 bits per heavy atom. The molecule has 3 aromatic carbocycles. The summed E-state index contributed by atoms with van der Waals surface area (Å²) in [5.41, 5.74) is 3.01. The van der Waals surface area contributed by atoms with E-state index in [-0.39, 0.29) is 11.3 Å². The average Bonchev–Trinajstić information content (AvgIpc) is 3.50. The van der Waals surface area contributed by atoms with Crippen LogP contribution in [0.25, 0.3) is 11.0 Å². The van der Waals surface area contributed by atoms with Gasteiger partial charge in [0.05, 0.1) is 16.6 Å². The van der Waals surface area contributed by atoms with Crippen molar-refractivity contribution in [2.75, 3.05) is 19.6 Å². The van der Waals surface area contributed by atoms with E-state index in [4.69, 9.17) is 4.98 Å². The molecule has 0 spiro atoms. The molecule has 1 unspecified atom stereocenters. The molecule has 8 heteroatoms. The second-order valence-corrected chi connectivity index (χ2v) is 13.0. The van der Waals surface area contributed by atoms with E-state index in [1.54, 1.807) is 12.1 Å². The van der Waals surface area contributed by atoms with E-state index in [1.165, 1.54) is 30.5 Å². The third-order valence-corrected chi connectivity index (χ3v) is 10.7. The van der Waals surface area contributed by atoms with Gasteiger partial charge in [0, 0.05) is 36.8 Å². The molecule has 3 saturated heterocycles. The number of hydrogen-bond acceptors (Lipinski definition) is 3. The average molecular weight is 601 g/mol. The van der Waals surface area contributed by atoms with E-state index in [9.17, 15) is 18.0 Å². The molecule has 230 valence electrons. The minimum Gasteiger partial charge on any atom is -0.339 e. The number of amides is 1. The van der Waals surface area contributed by atoms with Gasteiger partial charge in [0.1, 0.15) is 5.82 Å². The zero-order chi connectivity index (χ0) is 30.5. The lowest BCUT2D eigenvalue weighted by molar-refractivity contribution is -0.137. The summed E-state index contributed by atoms with van der Waals surface area (Å²) in [5.74, 6) is 1.09. The molecule has 0 N–H and O–H groups in total. The second kappa shape index (κ2) is 11.4. The lowest BCUT2D eigenvalue weighted by atomic mass is 9.70. The number of likely N-dealkylation sites (tertiary alicyclic amines) is 1. The highest BCUT2D eigenvalue weighted by molar-refractivity contribution is 5.94. The van der Waals surface area contributed by atoms with E-state index < -0.39 is 11.7 Å². The quantitative estimate of drug-likeness (QED) is 0.227. The van der Waals surface area contributed by atoms with Crippen LogP contribution in [-0.2, 0) is 11.6 Å². The fraction of sp³-hybridized carbons (Fsp3) is 0.444. The smallest absolute Gasteiger partial charge is 0.339 e. The van der Waals surface area contributed by atoms with Crippen molar-refractivity contribution in [1.29, 1.82) is 0 Å². The molecule has 2 bridgehead atoms. The van der Waals surface area contributed by atoms with E-state index >= 15 is 0 Å². The van der Waals surface area contributed by atoms with Crippen molar-refractivity contribution < 1.29 is 18.0 Å². The predicted octanol–water partition coefficient (Wildman–Crippen LogP) is 7.80. The first-order chi connectivity index (χ1) is 21.2. The Kier molecular flexibility index (Phi) is 7.51. The maximum absolute atomic E-state index is 13.4. The van der Waals surface area contributed by atoms with Crippen LogP contribution in [0.5, 0.6) is 0 Å². The molecule has 4 aromatic rings. The van der Waals surface area contributed by atoms with Gasteiger partial charge in [-0.15, -0.1) is 0 Å². The SMILES string of the molecule is Cc1nc2ccccc2n1C1C[C@H]2CC[C@@H](C1)N2CCC1(c2ccc(C(F)(F)F)cc2)CCN(C(=O)c2ccccc2)CC1. The molecular formula is C36H39F3N4O. The molecule has 44 heavy (non-hydrogen) atoms. The first kappa shape index (κ1) is 29.1.